The van der Waals surface area contributed by atoms with Crippen LogP contribution in [0.5, 0.6) is 0 Å². The summed E-state index contributed by atoms with van der Waals surface area (Å²) in [5.74, 6) is 0.146. The molecule has 1 aliphatic rings. The van der Waals surface area contributed by atoms with Gasteiger partial charge in [-0.2, -0.15) is 0 Å². The predicted molar refractivity (Wildman–Crippen MR) is 96.6 cm³/mol. The van der Waals surface area contributed by atoms with E-state index in [0.717, 1.165) is 19.4 Å². The summed E-state index contributed by atoms with van der Waals surface area (Å²) in [6.07, 6.45) is 11.3. The fourth-order valence-corrected chi connectivity index (χ4v) is 3.23. The molecular formula is C20H32N2O. The van der Waals surface area contributed by atoms with Crippen LogP contribution in [0.1, 0.15) is 63.0 Å². The molecule has 1 aromatic rings. The minimum atomic E-state index is 0.146. The van der Waals surface area contributed by atoms with Gasteiger partial charge in [-0.05, 0) is 36.8 Å². The van der Waals surface area contributed by atoms with Gasteiger partial charge >= 0.3 is 0 Å². The van der Waals surface area contributed by atoms with Gasteiger partial charge in [-0.1, -0.05) is 63.3 Å². The fraction of sp³-hybridized carbons (Fsp3) is 0.650. The summed E-state index contributed by atoms with van der Waals surface area (Å²) in [6, 6.07) is 9.43. The van der Waals surface area contributed by atoms with Crippen molar-refractivity contribution in [2.24, 2.45) is 0 Å². The quantitative estimate of drug-likeness (QED) is 0.647. The summed E-state index contributed by atoms with van der Waals surface area (Å²) < 4.78 is 0. The van der Waals surface area contributed by atoms with Gasteiger partial charge in [0.25, 0.3) is 0 Å². The summed E-state index contributed by atoms with van der Waals surface area (Å²) in [5, 5.41) is 6.22. The number of piperazine rings is 1. The zero-order chi connectivity index (χ0) is 16.3. The van der Waals surface area contributed by atoms with E-state index in [1.54, 1.807) is 0 Å². The molecule has 1 unspecified atom stereocenters. The van der Waals surface area contributed by atoms with Gasteiger partial charge in [-0.25, -0.2) is 0 Å². The zero-order valence-corrected chi connectivity index (χ0v) is 14.6. The average molecular weight is 316 g/mol. The monoisotopic (exact) mass is 316 g/mol. The van der Waals surface area contributed by atoms with Gasteiger partial charge < -0.3 is 10.6 Å². The molecule has 2 rings (SSSR count). The summed E-state index contributed by atoms with van der Waals surface area (Å²) >= 11 is 0. The van der Waals surface area contributed by atoms with Crippen LogP contribution in [0.15, 0.2) is 24.3 Å². The second-order valence-electron chi connectivity index (χ2n) is 6.73. The Hall–Kier alpha value is -1.35. The standard InChI is InChI=1S/C20H32N2O/c1-2-17-11-13-18(14-12-17)9-7-5-3-4-6-8-10-19-15-21-16-20(23)22-19/h11-14,19,21H,2-10,15-16H2,1H3,(H,22,23). The third-order valence-corrected chi connectivity index (χ3v) is 4.74. The maximum Gasteiger partial charge on any atom is 0.234 e. The van der Waals surface area contributed by atoms with Gasteiger partial charge in [0.1, 0.15) is 0 Å². The van der Waals surface area contributed by atoms with Gasteiger partial charge in [0.2, 0.25) is 5.91 Å². The minimum absolute atomic E-state index is 0.146. The van der Waals surface area contributed by atoms with E-state index >= 15 is 0 Å². The van der Waals surface area contributed by atoms with E-state index in [4.69, 9.17) is 0 Å². The number of carbonyl (C=O) groups is 1. The lowest BCUT2D eigenvalue weighted by Gasteiger charge is -2.24. The Morgan fingerprint density at radius 3 is 2.30 bits per heavy atom. The van der Waals surface area contributed by atoms with Gasteiger partial charge in [0, 0.05) is 12.6 Å². The molecule has 0 bridgehead atoms. The highest BCUT2D eigenvalue weighted by Gasteiger charge is 2.16. The van der Waals surface area contributed by atoms with E-state index in [-0.39, 0.29) is 5.91 Å². The summed E-state index contributed by atoms with van der Waals surface area (Å²) in [4.78, 5) is 11.3. The Labute approximate surface area is 141 Å². The number of amides is 1. The molecule has 1 saturated heterocycles. The Morgan fingerprint density at radius 1 is 0.957 bits per heavy atom. The maximum absolute atomic E-state index is 11.3. The first-order chi connectivity index (χ1) is 11.3. The van der Waals surface area contributed by atoms with Crippen molar-refractivity contribution in [3.05, 3.63) is 35.4 Å². The molecule has 0 spiro atoms. The van der Waals surface area contributed by atoms with Crippen LogP contribution in [-0.2, 0) is 17.6 Å². The van der Waals surface area contributed by atoms with Crippen molar-refractivity contribution in [1.82, 2.24) is 10.6 Å². The van der Waals surface area contributed by atoms with E-state index in [1.807, 2.05) is 0 Å². The van der Waals surface area contributed by atoms with Crippen LogP contribution in [-0.4, -0.2) is 25.0 Å². The molecule has 1 heterocycles. The highest BCUT2D eigenvalue weighted by molar-refractivity contribution is 5.79. The Kier molecular flexibility index (Phi) is 8.16. The number of carbonyl (C=O) groups excluding carboxylic acids is 1. The molecule has 23 heavy (non-hydrogen) atoms. The first-order valence-electron chi connectivity index (χ1n) is 9.36. The Morgan fingerprint density at radius 2 is 1.61 bits per heavy atom. The van der Waals surface area contributed by atoms with Crippen LogP contribution >= 0.6 is 0 Å². The van der Waals surface area contributed by atoms with Crippen molar-refractivity contribution in [3.8, 4) is 0 Å². The maximum atomic E-state index is 11.3. The van der Waals surface area contributed by atoms with Crippen LogP contribution in [0.25, 0.3) is 0 Å². The van der Waals surface area contributed by atoms with Crippen LogP contribution in [0.3, 0.4) is 0 Å². The highest BCUT2D eigenvalue weighted by Crippen LogP contribution is 2.12. The molecule has 3 nitrogen and oxygen atoms in total. The molecule has 2 N–H and O–H groups in total. The number of hydrogen-bond donors (Lipinski definition) is 2. The van der Waals surface area contributed by atoms with Crippen molar-refractivity contribution in [2.75, 3.05) is 13.1 Å². The summed E-state index contributed by atoms with van der Waals surface area (Å²) in [5.41, 5.74) is 2.90. The van der Waals surface area contributed by atoms with E-state index < -0.39 is 0 Å². The summed E-state index contributed by atoms with van der Waals surface area (Å²) in [6.45, 7) is 3.62. The number of hydrogen-bond acceptors (Lipinski definition) is 2. The normalized spacial score (nSPS) is 18.0. The van der Waals surface area contributed by atoms with Gasteiger partial charge in [0.05, 0.1) is 6.54 Å². The topological polar surface area (TPSA) is 41.1 Å². The average Bonchev–Trinajstić information content (AvgIpc) is 2.58. The molecule has 0 aliphatic carbocycles. The Bertz CT molecular complexity index is 455. The van der Waals surface area contributed by atoms with E-state index in [1.165, 1.54) is 56.1 Å². The molecule has 1 amide bonds. The van der Waals surface area contributed by atoms with Crippen molar-refractivity contribution < 1.29 is 4.79 Å². The second-order valence-corrected chi connectivity index (χ2v) is 6.73. The van der Waals surface area contributed by atoms with E-state index in [0.29, 0.717) is 12.6 Å². The van der Waals surface area contributed by atoms with Crippen molar-refractivity contribution in [2.45, 2.75) is 70.8 Å². The highest BCUT2D eigenvalue weighted by atomic mass is 16.2. The number of aryl methyl sites for hydroxylation is 2. The third kappa shape index (κ3) is 7.17. The smallest absolute Gasteiger partial charge is 0.234 e. The van der Waals surface area contributed by atoms with Crippen molar-refractivity contribution in [1.29, 1.82) is 0 Å². The van der Waals surface area contributed by atoms with Crippen molar-refractivity contribution in [3.63, 3.8) is 0 Å². The first kappa shape index (κ1) is 18.0. The lowest BCUT2D eigenvalue weighted by atomic mass is 10.0. The zero-order valence-electron chi connectivity index (χ0n) is 14.6. The summed E-state index contributed by atoms with van der Waals surface area (Å²) in [7, 11) is 0. The molecule has 3 heteroatoms. The number of unbranched alkanes of at least 4 members (excludes halogenated alkanes) is 5. The molecular weight excluding hydrogens is 284 g/mol. The molecule has 0 radical (unpaired) electrons. The molecule has 1 aliphatic heterocycles. The van der Waals surface area contributed by atoms with Crippen LogP contribution in [0, 0.1) is 0 Å². The molecule has 1 atom stereocenters. The van der Waals surface area contributed by atoms with Gasteiger partial charge in [0.15, 0.2) is 0 Å². The number of benzene rings is 1. The molecule has 128 valence electrons. The lowest BCUT2D eigenvalue weighted by molar-refractivity contribution is -0.122. The molecule has 0 saturated carbocycles. The minimum Gasteiger partial charge on any atom is -0.351 e. The third-order valence-electron chi connectivity index (χ3n) is 4.74. The van der Waals surface area contributed by atoms with E-state index in [2.05, 4.69) is 41.8 Å². The lowest BCUT2D eigenvalue weighted by Crippen LogP contribution is -2.51. The predicted octanol–water partition coefficient (Wildman–Crippen LogP) is 3.61. The van der Waals surface area contributed by atoms with Crippen molar-refractivity contribution >= 4 is 5.91 Å². The first-order valence-corrected chi connectivity index (χ1v) is 9.36. The fourth-order valence-electron chi connectivity index (χ4n) is 3.23. The van der Waals surface area contributed by atoms with E-state index in [9.17, 15) is 4.79 Å². The SMILES string of the molecule is CCc1ccc(CCCCCCCCC2CNCC(=O)N2)cc1. The van der Waals surface area contributed by atoms with Gasteiger partial charge in [-0.3, -0.25) is 4.79 Å². The van der Waals surface area contributed by atoms with Gasteiger partial charge in [-0.15, -0.1) is 0 Å². The Balaban J connectivity index is 1.44. The largest absolute Gasteiger partial charge is 0.351 e. The molecule has 1 aromatic carbocycles. The van der Waals surface area contributed by atoms with Crippen LogP contribution in [0.4, 0.5) is 0 Å². The van der Waals surface area contributed by atoms with Crippen LogP contribution < -0.4 is 10.6 Å². The molecule has 1 fully saturated rings. The number of rotatable bonds is 10. The van der Waals surface area contributed by atoms with Crippen LogP contribution in [0.2, 0.25) is 0 Å². The second kappa shape index (κ2) is 10.4. The molecule has 0 aromatic heterocycles. The number of nitrogens with one attached hydrogen (secondary N) is 2.